The topological polar surface area (TPSA) is 102 Å². The fourth-order valence-corrected chi connectivity index (χ4v) is 3.43. The van der Waals surface area contributed by atoms with Gasteiger partial charge in [0.2, 0.25) is 6.10 Å². The molecule has 0 aliphatic rings. The van der Waals surface area contributed by atoms with E-state index in [1.54, 1.807) is 98.8 Å². The number of hydrogen-bond donors (Lipinski definition) is 2. The van der Waals surface area contributed by atoms with Gasteiger partial charge >= 0.3 is 5.97 Å². The van der Waals surface area contributed by atoms with Crippen LogP contribution in [0.25, 0.3) is 0 Å². The van der Waals surface area contributed by atoms with E-state index in [0.29, 0.717) is 22.4 Å². The van der Waals surface area contributed by atoms with Crippen molar-refractivity contribution < 1.29 is 23.9 Å². The Balaban J connectivity index is 1.82. The molecule has 0 spiro atoms. The number of hydrogen-bond acceptors (Lipinski definition) is 5. The van der Waals surface area contributed by atoms with E-state index in [2.05, 4.69) is 10.6 Å². The van der Waals surface area contributed by atoms with Crippen LogP contribution in [-0.4, -0.2) is 29.6 Å². The van der Waals surface area contributed by atoms with Gasteiger partial charge in [-0.1, -0.05) is 74.5 Å². The van der Waals surface area contributed by atoms with E-state index in [9.17, 15) is 19.2 Å². The lowest BCUT2D eigenvalue weighted by molar-refractivity contribution is -0.157. The van der Waals surface area contributed by atoms with Gasteiger partial charge in [-0.2, -0.15) is 0 Å². The van der Waals surface area contributed by atoms with Crippen LogP contribution in [0.5, 0.6) is 0 Å². The molecule has 35 heavy (non-hydrogen) atoms. The molecule has 180 valence electrons. The smallest absolute Gasteiger partial charge is 0.330 e. The first-order valence-corrected chi connectivity index (χ1v) is 11.3. The maximum absolute atomic E-state index is 13.2. The lowest BCUT2D eigenvalue weighted by Gasteiger charge is -2.24. The molecule has 7 heteroatoms. The van der Waals surface area contributed by atoms with Gasteiger partial charge in [0.05, 0.1) is 0 Å². The summed E-state index contributed by atoms with van der Waals surface area (Å²) in [5.41, 5.74) is 1.73. The van der Waals surface area contributed by atoms with E-state index >= 15 is 0 Å². The van der Waals surface area contributed by atoms with Gasteiger partial charge in [0.15, 0.2) is 5.78 Å². The minimum absolute atomic E-state index is 0.138. The highest BCUT2D eigenvalue weighted by Crippen LogP contribution is 2.22. The molecule has 0 aliphatic heterocycles. The SMILES string of the molecule is CC(=O)c1cccc(NC(=O)[C@H](OC(=O)[C@H](NC(=O)c2ccccc2)C(C)C)c2ccccc2)c1. The Kier molecular flexibility index (Phi) is 8.51. The van der Waals surface area contributed by atoms with Gasteiger partial charge in [-0.25, -0.2) is 4.79 Å². The summed E-state index contributed by atoms with van der Waals surface area (Å²) in [6.45, 7) is 5.00. The number of amides is 2. The van der Waals surface area contributed by atoms with Crippen molar-refractivity contribution in [2.24, 2.45) is 5.92 Å². The van der Waals surface area contributed by atoms with Crippen molar-refractivity contribution in [3.05, 3.63) is 102 Å². The van der Waals surface area contributed by atoms with E-state index in [1.807, 2.05) is 0 Å². The van der Waals surface area contributed by atoms with Gasteiger partial charge in [-0.3, -0.25) is 14.4 Å². The second kappa shape index (κ2) is 11.7. The van der Waals surface area contributed by atoms with Crippen molar-refractivity contribution in [3.8, 4) is 0 Å². The lowest BCUT2D eigenvalue weighted by Crippen LogP contribution is -2.46. The van der Waals surface area contributed by atoms with Crippen molar-refractivity contribution in [1.82, 2.24) is 5.32 Å². The zero-order valence-corrected chi connectivity index (χ0v) is 19.9. The molecule has 3 rings (SSSR count). The van der Waals surface area contributed by atoms with Crippen LogP contribution in [0.1, 0.15) is 53.2 Å². The Morgan fingerprint density at radius 2 is 1.37 bits per heavy atom. The van der Waals surface area contributed by atoms with Crippen molar-refractivity contribution >= 4 is 29.3 Å². The van der Waals surface area contributed by atoms with Crippen molar-refractivity contribution in [2.45, 2.75) is 32.9 Å². The number of anilines is 1. The molecule has 0 saturated heterocycles. The Morgan fingerprint density at radius 3 is 1.97 bits per heavy atom. The van der Waals surface area contributed by atoms with E-state index in [0.717, 1.165) is 0 Å². The number of benzene rings is 3. The average Bonchev–Trinajstić information content (AvgIpc) is 2.86. The van der Waals surface area contributed by atoms with Crippen LogP contribution in [0.4, 0.5) is 5.69 Å². The number of ketones is 1. The molecule has 0 unspecified atom stereocenters. The summed E-state index contributed by atoms with van der Waals surface area (Å²) >= 11 is 0. The summed E-state index contributed by atoms with van der Waals surface area (Å²) in [5.74, 6) is -2.15. The predicted octanol–water partition coefficient (Wildman–Crippen LogP) is 4.57. The minimum Gasteiger partial charge on any atom is -0.446 e. The van der Waals surface area contributed by atoms with Gasteiger partial charge in [0.25, 0.3) is 11.8 Å². The zero-order chi connectivity index (χ0) is 25.4. The summed E-state index contributed by atoms with van der Waals surface area (Å²) in [6.07, 6.45) is -1.26. The Hall–Kier alpha value is -4.26. The van der Waals surface area contributed by atoms with Crippen molar-refractivity contribution in [3.63, 3.8) is 0 Å². The number of ether oxygens (including phenoxy) is 1. The van der Waals surface area contributed by atoms with Crippen LogP contribution in [-0.2, 0) is 14.3 Å². The maximum Gasteiger partial charge on any atom is 0.330 e. The molecule has 2 atom stereocenters. The molecule has 0 aliphatic carbocycles. The molecule has 2 amide bonds. The van der Waals surface area contributed by atoms with Crippen LogP contribution in [0.15, 0.2) is 84.9 Å². The molecular formula is C28H28N2O5. The molecule has 0 radical (unpaired) electrons. The van der Waals surface area contributed by atoms with Crippen LogP contribution >= 0.6 is 0 Å². The third-order valence-corrected chi connectivity index (χ3v) is 5.35. The average molecular weight is 473 g/mol. The minimum atomic E-state index is -1.26. The Labute approximate surface area is 204 Å². The fraction of sp³-hybridized carbons (Fsp3) is 0.214. The predicted molar refractivity (Wildman–Crippen MR) is 133 cm³/mol. The first-order valence-electron chi connectivity index (χ1n) is 11.3. The molecule has 3 aromatic carbocycles. The molecule has 0 bridgehead atoms. The molecule has 3 aromatic rings. The molecule has 7 nitrogen and oxygen atoms in total. The highest BCUT2D eigenvalue weighted by molar-refractivity contribution is 6.00. The van der Waals surface area contributed by atoms with Crippen molar-refractivity contribution in [1.29, 1.82) is 0 Å². The van der Waals surface area contributed by atoms with Crippen LogP contribution in [0.2, 0.25) is 0 Å². The summed E-state index contributed by atoms with van der Waals surface area (Å²) in [6, 6.07) is 22.7. The van der Waals surface area contributed by atoms with Gasteiger partial charge in [-0.05, 0) is 37.1 Å². The van der Waals surface area contributed by atoms with Gasteiger partial charge < -0.3 is 15.4 Å². The quantitative estimate of drug-likeness (QED) is 0.351. The lowest BCUT2D eigenvalue weighted by atomic mass is 10.0. The van der Waals surface area contributed by atoms with Crippen LogP contribution in [0.3, 0.4) is 0 Å². The van der Waals surface area contributed by atoms with E-state index in [-0.39, 0.29) is 11.7 Å². The molecular weight excluding hydrogens is 444 g/mol. The number of carbonyl (C=O) groups excluding carboxylic acids is 4. The monoisotopic (exact) mass is 472 g/mol. The summed E-state index contributed by atoms with van der Waals surface area (Å²) in [5, 5.41) is 5.44. The molecule has 0 aromatic heterocycles. The van der Waals surface area contributed by atoms with E-state index in [4.69, 9.17) is 4.74 Å². The largest absolute Gasteiger partial charge is 0.446 e. The normalized spacial score (nSPS) is 12.3. The maximum atomic E-state index is 13.2. The second-order valence-corrected chi connectivity index (χ2v) is 8.42. The number of rotatable bonds is 9. The van der Waals surface area contributed by atoms with Crippen LogP contribution in [0, 0.1) is 5.92 Å². The molecule has 2 N–H and O–H groups in total. The van der Waals surface area contributed by atoms with Gasteiger partial charge in [0, 0.05) is 22.4 Å². The third kappa shape index (κ3) is 6.86. The third-order valence-electron chi connectivity index (χ3n) is 5.35. The number of carbonyl (C=O) groups is 4. The molecule has 0 saturated carbocycles. The Bertz CT molecular complexity index is 1190. The van der Waals surface area contributed by atoms with Crippen LogP contribution < -0.4 is 10.6 Å². The molecule has 0 fully saturated rings. The first kappa shape index (κ1) is 25.4. The number of esters is 1. The number of nitrogens with one attached hydrogen (secondary N) is 2. The van der Waals surface area contributed by atoms with Gasteiger partial charge in [0.1, 0.15) is 6.04 Å². The van der Waals surface area contributed by atoms with E-state index < -0.39 is 29.9 Å². The number of Topliss-reactive ketones (excluding diaryl/α,β-unsaturated/α-hetero) is 1. The highest BCUT2D eigenvalue weighted by atomic mass is 16.5. The highest BCUT2D eigenvalue weighted by Gasteiger charge is 2.32. The van der Waals surface area contributed by atoms with Crippen molar-refractivity contribution in [2.75, 3.05) is 5.32 Å². The Morgan fingerprint density at radius 1 is 0.771 bits per heavy atom. The first-order chi connectivity index (χ1) is 16.8. The fourth-order valence-electron chi connectivity index (χ4n) is 3.43. The van der Waals surface area contributed by atoms with E-state index in [1.165, 1.54) is 6.92 Å². The van der Waals surface area contributed by atoms with Gasteiger partial charge in [-0.15, -0.1) is 0 Å². The summed E-state index contributed by atoms with van der Waals surface area (Å²) in [4.78, 5) is 50.7. The standard InChI is InChI=1S/C28H28N2O5/c1-18(2)24(30-26(32)21-13-8-5-9-14-21)28(34)35-25(20-11-6-4-7-12-20)27(33)29-23-16-10-15-22(17-23)19(3)31/h4-18,24-25H,1-3H3,(H,29,33)(H,30,32)/t24-,25-/m1/s1. The second-order valence-electron chi connectivity index (χ2n) is 8.42. The summed E-state index contributed by atoms with van der Waals surface area (Å²) in [7, 11) is 0. The summed E-state index contributed by atoms with van der Waals surface area (Å²) < 4.78 is 5.68. The zero-order valence-electron chi connectivity index (χ0n) is 19.9. The molecule has 0 heterocycles.